The van der Waals surface area contributed by atoms with Gasteiger partial charge in [0.1, 0.15) is 5.01 Å². The fourth-order valence-corrected chi connectivity index (χ4v) is 2.72. The number of rotatable bonds is 3. The Kier molecular flexibility index (Phi) is 3.58. The standard InChI is InChI=1S/C11H10N2S3/c1-2-7-3-4-8(9(14)5-7)6-10-12-13-11(15)16-10/h2-4H,1,5-6H2,(H,13,15). The number of aromatic amines is 1. The third-order valence-corrected chi connectivity index (χ3v) is 3.80. The first-order valence-electron chi connectivity index (χ1n) is 4.79. The van der Waals surface area contributed by atoms with Crippen LogP contribution in [0.1, 0.15) is 11.4 Å². The van der Waals surface area contributed by atoms with E-state index in [4.69, 9.17) is 24.4 Å². The monoisotopic (exact) mass is 266 g/mol. The Balaban J connectivity index is 2.19. The highest BCUT2D eigenvalue weighted by Gasteiger charge is 2.12. The van der Waals surface area contributed by atoms with Crippen molar-refractivity contribution in [3.8, 4) is 0 Å². The topological polar surface area (TPSA) is 28.7 Å². The maximum absolute atomic E-state index is 5.36. The van der Waals surface area contributed by atoms with E-state index in [0.29, 0.717) is 3.95 Å². The van der Waals surface area contributed by atoms with Crippen LogP contribution in [-0.2, 0) is 6.42 Å². The molecule has 0 aromatic carbocycles. The van der Waals surface area contributed by atoms with E-state index < -0.39 is 0 Å². The van der Waals surface area contributed by atoms with Crippen LogP contribution in [0.2, 0.25) is 0 Å². The zero-order chi connectivity index (χ0) is 11.5. The Morgan fingerprint density at radius 1 is 1.50 bits per heavy atom. The summed E-state index contributed by atoms with van der Waals surface area (Å²) in [5.41, 5.74) is 2.32. The predicted octanol–water partition coefficient (Wildman–Crippen LogP) is 3.56. The Bertz CT molecular complexity index is 546. The first kappa shape index (κ1) is 11.6. The van der Waals surface area contributed by atoms with Crippen LogP contribution in [0.4, 0.5) is 0 Å². The number of nitrogens with one attached hydrogen (secondary N) is 1. The van der Waals surface area contributed by atoms with E-state index in [2.05, 4.69) is 22.9 Å². The second-order valence-electron chi connectivity index (χ2n) is 3.42. The third kappa shape index (κ3) is 2.61. The van der Waals surface area contributed by atoms with E-state index >= 15 is 0 Å². The van der Waals surface area contributed by atoms with Gasteiger partial charge >= 0.3 is 0 Å². The van der Waals surface area contributed by atoms with Crippen LogP contribution in [0.25, 0.3) is 0 Å². The van der Waals surface area contributed by atoms with E-state index in [-0.39, 0.29) is 0 Å². The fraction of sp³-hybridized carbons (Fsp3) is 0.182. The van der Waals surface area contributed by atoms with Crippen molar-refractivity contribution < 1.29 is 0 Å². The summed E-state index contributed by atoms with van der Waals surface area (Å²) < 4.78 is 0.708. The summed E-state index contributed by atoms with van der Waals surface area (Å²) in [6.45, 7) is 3.74. The number of hydrogen-bond donors (Lipinski definition) is 1. The molecule has 5 heteroatoms. The van der Waals surface area contributed by atoms with E-state index in [9.17, 15) is 0 Å². The maximum atomic E-state index is 5.36. The first-order valence-corrected chi connectivity index (χ1v) is 6.42. The minimum Gasteiger partial charge on any atom is -0.258 e. The quantitative estimate of drug-likeness (QED) is 0.848. The predicted molar refractivity (Wildman–Crippen MR) is 74.6 cm³/mol. The zero-order valence-electron chi connectivity index (χ0n) is 8.53. The third-order valence-electron chi connectivity index (χ3n) is 2.31. The molecule has 1 aliphatic rings. The van der Waals surface area contributed by atoms with Crippen LogP contribution in [0.5, 0.6) is 0 Å². The molecule has 0 saturated heterocycles. The van der Waals surface area contributed by atoms with E-state index in [0.717, 1.165) is 28.3 Å². The molecule has 16 heavy (non-hydrogen) atoms. The average molecular weight is 266 g/mol. The second kappa shape index (κ2) is 4.95. The molecule has 0 atom stereocenters. The van der Waals surface area contributed by atoms with E-state index in [1.807, 2.05) is 12.2 Å². The van der Waals surface area contributed by atoms with Gasteiger partial charge in [-0.25, -0.2) is 0 Å². The van der Waals surface area contributed by atoms with Crippen LogP contribution >= 0.6 is 35.8 Å². The van der Waals surface area contributed by atoms with Crippen molar-refractivity contribution >= 4 is 40.6 Å². The summed E-state index contributed by atoms with van der Waals surface area (Å²) in [6, 6.07) is 0. The molecular weight excluding hydrogens is 256 g/mol. The lowest BCUT2D eigenvalue weighted by Crippen LogP contribution is -2.07. The molecule has 0 unspecified atom stereocenters. The summed E-state index contributed by atoms with van der Waals surface area (Å²) in [5.74, 6) is 0. The highest BCUT2D eigenvalue weighted by atomic mass is 32.1. The molecule has 1 aromatic heterocycles. The average Bonchev–Trinajstić information content (AvgIpc) is 2.67. The van der Waals surface area contributed by atoms with Gasteiger partial charge in [0.05, 0.1) is 0 Å². The van der Waals surface area contributed by atoms with Gasteiger partial charge in [-0.1, -0.05) is 48.4 Å². The van der Waals surface area contributed by atoms with Gasteiger partial charge in [0.2, 0.25) is 0 Å². The SMILES string of the molecule is C=CC1=CC=C(Cc2n[nH]c(=S)s2)C(=S)C1. The summed E-state index contributed by atoms with van der Waals surface area (Å²) in [5, 5.41) is 7.89. The first-order chi connectivity index (χ1) is 7.69. The van der Waals surface area contributed by atoms with Gasteiger partial charge in [0.25, 0.3) is 0 Å². The van der Waals surface area contributed by atoms with E-state index in [1.54, 1.807) is 0 Å². The number of H-pyrrole nitrogens is 1. The van der Waals surface area contributed by atoms with Crippen molar-refractivity contribution in [1.29, 1.82) is 0 Å². The van der Waals surface area contributed by atoms with Crippen molar-refractivity contribution in [2.24, 2.45) is 0 Å². The van der Waals surface area contributed by atoms with Crippen LogP contribution in [0.15, 0.2) is 36.0 Å². The zero-order valence-corrected chi connectivity index (χ0v) is 11.0. The highest BCUT2D eigenvalue weighted by molar-refractivity contribution is 7.80. The second-order valence-corrected chi connectivity index (χ2v) is 5.66. The molecular formula is C11H10N2S3. The van der Waals surface area contributed by atoms with Crippen molar-refractivity contribution in [3.05, 3.63) is 44.9 Å². The van der Waals surface area contributed by atoms with Gasteiger partial charge in [0.15, 0.2) is 3.95 Å². The molecule has 0 fully saturated rings. The normalized spacial score (nSPS) is 15.6. The largest absolute Gasteiger partial charge is 0.258 e. The van der Waals surface area contributed by atoms with Crippen LogP contribution in [0, 0.1) is 3.95 Å². The minimum atomic E-state index is 0.708. The maximum Gasteiger partial charge on any atom is 0.176 e. The van der Waals surface area contributed by atoms with Gasteiger partial charge in [-0.15, -0.1) is 0 Å². The van der Waals surface area contributed by atoms with Gasteiger partial charge in [-0.2, -0.15) is 5.10 Å². The van der Waals surface area contributed by atoms with Crippen molar-refractivity contribution in [2.75, 3.05) is 0 Å². The molecule has 0 radical (unpaired) electrons. The highest BCUT2D eigenvalue weighted by Crippen LogP contribution is 2.21. The van der Waals surface area contributed by atoms with Crippen LogP contribution < -0.4 is 0 Å². The molecule has 82 valence electrons. The molecule has 2 rings (SSSR count). The Morgan fingerprint density at radius 3 is 2.88 bits per heavy atom. The van der Waals surface area contributed by atoms with Crippen molar-refractivity contribution in [1.82, 2.24) is 10.2 Å². The lowest BCUT2D eigenvalue weighted by atomic mass is 9.96. The minimum absolute atomic E-state index is 0.708. The van der Waals surface area contributed by atoms with E-state index in [1.165, 1.54) is 16.9 Å². The summed E-state index contributed by atoms with van der Waals surface area (Å²) in [7, 11) is 0. The number of thiocarbonyl (C=S) groups is 1. The Labute approximate surface area is 108 Å². The molecule has 0 saturated carbocycles. The Hall–Kier alpha value is -0.910. The number of allylic oxidation sites excluding steroid dienone is 5. The lowest BCUT2D eigenvalue weighted by Gasteiger charge is -2.12. The summed E-state index contributed by atoms with van der Waals surface area (Å²) >= 11 is 11.8. The molecule has 1 aromatic rings. The van der Waals surface area contributed by atoms with Gasteiger partial charge in [-0.3, -0.25) is 5.10 Å². The van der Waals surface area contributed by atoms with Gasteiger partial charge in [0, 0.05) is 17.7 Å². The molecule has 0 bridgehead atoms. The van der Waals surface area contributed by atoms with Crippen LogP contribution in [0.3, 0.4) is 0 Å². The molecule has 1 aliphatic carbocycles. The van der Waals surface area contributed by atoms with Gasteiger partial charge < -0.3 is 0 Å². The molecule has 0 spiro atoms. The fourth-order valence-electron chi connectivity index (χ4n) is 1.46. The molecule has 1 heterocycles. The van der Waals surface area contributed by atoms with Crippen LogP contribution in [-0.4, -0.2) is 15.1 Å². The van der Waals surface area contributed by atoms with Gasteiger partial charge in [-0.05, 0) is 23.4 Å². The number of aromatic nitrogens is 2. The molecule has 0 amide bonds. The lowest BCUT2D eigenvalue weighted by molar-refractivity contribution is 0.999. The molecule has 0 aliphatic heterocycles. The smallest absolute Gasteiger partial charge is 0.176 e. The van der Waals surface area contributed by atoms with Crippen molar-refractivity contribution in [2.45, 2.75) is 12.8 Å². The summed E-state index contributed by atoms with van der Waals surface area (Å²) in [4.78, 5) is 0.971. The molecule has 2 nitrogen and oxygen atoms in total. The number of nitrogens with zero attached hydrogens (tertiary/aromatic N) is 1. The Morgan fingerprint density at radius 2 is 2.31 bits per heavy atom. The van der Waals surface area contributed by atoms with Crippen molar-refractivity contribution in [3.63, 3.8) is 0 Å². The number of hydrogen-bond acceptors (Lipinski definition) is 4. The molecule has 1 N–H and O–H groups in total. The summed E-state index contributed by atoms with van der Waals surface area (Å²) in [6.07, 6.45) is 7.52.